The van der Waals surface area contributed by atoms with Gasteiger partial charge in [0.2, 0.25) is 5.91 Å². The molecule has 3 nitrogen and oxygen atoms in total. The Morgan fingerprint density at radius 2 is 2.00 bits per heavy atom. The van der Waals surface area contributed by atoms with E-state index in [2.05, 4.69) is 20.8 Å². The molecule has 1 atom stereocenters. The quantitative estimate of drug-likeness (QED) is 0.701. The summed E-state index contributed by atoms with van der Waals surface area (Å²) >= 11 is 1.75. The second kappa shape index (κ2) is 9.93. The number of unbranched alkanes of at least 4 members (excludes halogenated alkanes) is 1. The van der Waals surface area contributed by atoms with Crippen LogP contribution < -0.4 is 5.73 Å². The van der Waals surface area contributed by atoms with E-state index in [-0.39, 0.29) is 29.0 Å². The van der Waals surface area contributed by atoms with Crippen LogP contribution in [0.4, 0.5) is 0 Å². The van der Waals surface area contributed by atoms with Gasteiger partial charge in [-0.25, -0.2) is 0 Å². The Balaban J connectivity index is 0. The number of halogens is 1. The lowest BCUT2D eigenvalue weighted by molar-refractivity contribution is -0.130. The van der Waals surface area contributed by atoms with Crippen molar-refractivity contribution in [2.45, 2.75) is 45.8 Å². The molecule has 0 aromatic rings. The number of carbonyl (C=O) groups is 1. The zero-order valence-corrected chi connectivity index (χ0v) is 14.0. The normalized spacial score (nSPS) is 12.8. The molecule has 0 radical (unpaired) electrons. The Morgan fingerprint density at radius 3 is 2.44 bits per heavy atom. The number of nitrogens with two attached hydrogens (primary N) is 1. The van der Waals surface area contributed by atoms with Gasteiger partial charge in [-0.2, -0.15) is 0 Å². The number of amides is 1. The smallest absolute Gasteiger partial charge is 0.235 e. The molecular weight excluding hydrogens is 268 g/mol. The number of nitrogens with zero attached hydrogens (tertiary/aromatic N) is 1. The maximum atomic E-state index is 12.1. The van der Waals surface area contributed by atoms with Gasteiger partial charge >= 0.3 is 0 Å². The van der Waals surface area contributed by atoms with Crippen LogP contribution in [-0.2, 0) is 4.79 Å². The summed E-state index contributed by atoms with van der Waals surface area (Å²) in [5.41, 5.74) is 5.68. The van der Waals surface area contributed by atoms with Crippen LogP contribution >= 0.6 is 24.2 Å². The van der Waals surface area contributed by atoms with E-state index in [1.807, 2.05) is 18.9 Å². The molecular formula is C13H29ClN2OS. The molecule has 0 heterocycles. The van der Waals surface area contributed by atoms with Crippen molar-refractivity contribution in [2.75, 3.05) is 25.9 Å². The molecule has 0 spiro atoms. The van der Waals surface area contributed by atoms with E-state index < -0.39 is 0 Å². The first-order chi connectivity index (χ1) is 7.84. The largest absolute Gasteiger partial charge is 0.344 e. The fourth-order valence-electron chi connectivity index (χ4n) is 1.57. The van der Waals surface area contributed by atoms with Crippen molar-refractivity contribution < 1.29 is 4.79 Å². The summed E-state index contributed by atoms with van der Waals surface area (Å²) in [6.07, 6.45) is 2.37. The minimum atomic E-state index is -0.00177. The van der Waals surface area contributed by atoms with Crippen LogP contribution in [0.2, 0.25) is 0 Å². The van der Waals surface area contributed by atoms with Crippen molar-refractivity contribution in [3.63, 3.8) is 0 Å². The van der Waals surface area contributed by atoms with E-state index >= 15 is 0 Å². The fraction of sp³-hybridized carbons (Fsp3) is 0.923. The zero-order valence-electron chi connectivity index (χ0n) is 12.4. The molecule has 0 aliphatic carbocycles. The van der Waals surface area contributed by atoms with Gasteiger partial charge in [-0.3, -0.25) is 4.79 Å². The highest BCUT2D eigenvalue weighted by molar-refractivity contribution is 8.00. The lowest BCUT2D eigenvalue weighted by atomic mass is 9.93. The van der Waals surface area contributed by atoms with Gasteiger partial charge in [0.25, 0.3) is 0 Å². The van der Waals surface area contributed by atoms with E-state index in [1.54, 1.807) is 11.8 Å². The molecule has 0 rings (SSSR count). The lowest BCUT2D eigenvalue weighted by Crippen LogP contribution is -2.42. The van der Waals surface area contributed by atoms with Crippen LogP contribution in [0.15, 0.2) is 0 Å². The first-order valence-corrected chi connectivity index (χ1v) is 7.45. The average molecular weight is 297 g/mol. The zero-order chi connectivity index (χ0) is 13.5. The number of hydrogen-bond acceptors (Lipinski definition) is 3. The van der Waals surface area contributed by atoms with Crippen molar-refractivity contribution in [3.05, 3.63) is 0 Å². The van der Waals surface area contributed by atoms with E-state index in [1.165, 1.54) is 12.8 Å². The summed E-state index contributed by atoms with van der Waals surface area (Å²) in [5.74, 6) is 1.28. The summed E-state index contributed by atoms with van der Waals surface area (Å²) < 4.78 is 0. The second-order valence-electron chi connectivity index (χ2n) is 5.43. The highest BCUT2D eigenvalue weighted by Gasteiger charge is 2.24. The first kappa shape index (κ1) is 20.4. The van der Waals surface area contributed by atoms with Crippen molar-refractivity contribution in [2.24, 2.45) is 11.1 Å². The minimum absolute atomic E-state index is 0. The average Bonchev–Trinajstić information content (AvgIpc) is 2.27. The van der Waals surface area contributed by atoms with E-state index in [4.69, 9.17) is 5.73 Å². The molecule has 0 saturated heterocycles. The SMILES string of the molecule is CCCCSC(C)C(=O)N(C)CC(C)(C)CN.Cl. The summed E-state index contributed by atoms with van der Waals surface area (Å²) in [6.45, 7) is 9.66. The van der Waals surface area contributed by atoms with Crippen LogP contribution in [-0.4, -0.2) is 41.9 Å². The Kier molecular flexibility index (Phi) is 11.2. The molecule has 0 fully saturated rings. The number of carbonyl (C=O) groups excluding carboxylic acids is 1. The van der Waals surface area contributed by atoms with Crippen LogP contribution in [0.1, 0.15) is 40.5 Å². The third-order valence-electron chi connectivity index (χ3n) is 2.81. The van der Waals surface area contributed by atoms with Crippen molar-refractivity contribution >= 4 is 30.1 Å². The third-order valence-corrected chi connectivity index (χ3v) is 4.03. The van der Waals surface area contributed by atoms with Crippen LogP contribution in [0.25, 0.3) is 0 Å². The molecule has 0 bridgehead atoms. The van der Waals surface area contributed by atoms with Crippen molar-refractivity contribution in [1.82, 2.24) is 4.90 Å². The third kappa shape index (κ3) is 8.22. The number of thioether (sulfide) groups is 1. The van der Waals surface area contributed by atoms with Gasteiger partial charge in [-0.1, -0.05) is 27.2 Å². The van der Waals surface area contributed by atoms with E-state index in [0.717, 1.165) is 12.3 Å². The number of hydrogen-bond donors (Lipinski definition) is 1. The fourth-order valence-corrected chi connectivity index (χ4v) is 2.70. The first-order valence-electron chi connectivity index (χ1n) is 6.40. The summed E-state index contributed by atoms with van der Waals surface area (Å²) in [5, 5.41) is 0.0557. The predicted octanol–water partition coefficient (Wildman–Crippen LogP) is 2.77. The molecule has 5 heteroatoms. The van der Waals surface area contributed by atoms with Crippen LogP contribution in [0.3, 0.4) is 0 Å². The lowest BCUT2D eigenvalue weighted by Gasteiger charge is -2.30. The Labute approximate surface area is 123 Å². The molecule has 1 unspecified atom stereocenters. The van der Waals surface area contributed by atoms with Gasteiger partial charge in [-0.15, -0.1) is 24.2 Å². The predicted molar refractivity (Wildman–Crippen MR) is 84.5 cm³/mol. The second-order valence-corrected chi connectivity index (χ2v) is 6.88. The summed E-state index contributed by atoms with van der Waals surface area (Å²) in [6, 6.07) is 0. The highest BCUT2D eigenvalue weighted by Crippen LogP contribution is 2.18. The van der Waals surface area contributed by atoms with Gasteiger partial charge in [0.15, 0.2) is 0 Å². The molecule has 0 saturated carbocycles. The summed E-state index contributed by atoms with van der Waals surface area (Å²) in [7, 11) is 1.87. The standard InChI is InChI=1S/C13H28N2OS.ClH/c1-6-7-8-17-11(2)12(16)15(5)10-13(3,4)9-14;/h11H,6-10,14H2,1-5H3;1H. The van der Waals surface area contributed by atoms with Crippen molar-refractivity contribution in [1.29, 1.82) is 0 Å². The van der Waals surface area contributed by atoms with Gasteiger partial charge in [0, 0.05) is 13.6 Å². The van der Waals surface area contributed by atoms with Gasteiger partial charge < -0.3 is 10.6 Å². The summed E-state index contributed by atoms with van der Waals surface area (Å²) in [4.78, 5) is 13.9. The maximum Gasteiger partial charge on any atom is 0.235 e. The highest BCUT2D eigenvalue weighted by atomic mass is 35.5. The molecule has 2 N–H and O–H groups in total. The molecule has 110 valence electrons. The van der Waals surface area contributed by atoms with Crippen LogP contribution in [0.5, 0.6) is 0 Å². The molecule has 18 heavy (non-hydrogen) atoms. The Morgan fingerprint density at radius 1 is 1.44 bits per heavy atom. The van der Waals surface area contributed by atoms with Gasteiger partial charge in [-0.05, 0) is 31.1 Å². The van der Waals surface area contributed by atoms with Crippen LogP contribution in [0, 0.1) is 5.41 Å². The molecule has 0 aliphatic rings. The number of rotatable bonds is 8. The molecule has 0 aliphatic heterocycles. The van der Waals surface area contributed by atoms with Gasteiger partial charge in [0.1, 0.15) is 0 Å². The maximum absolute atomic E-state index is 12.1. The van der Waals surface area contributed by atoms with Crippen molar-refractivity contribution in [3.8, 4) is 0 Å². The van der Waals surface area contributed by atoms with E-state index in [9.17, 15) is 4.79 Å². The molecule has 0 aromatic heterocycles. The monoisotopic (exact) mass is 296 g/mol. The van der Waals surface area contributed by atoms with E-state index in [0.29, 0.717) is 6.54 Å². The minimum Gasteiger partial charge on any atom is -0.344 e. The Hall–Kier alpha value is 0.0700. The Bertz CT molecular complexity index is 237. The molecule has 1 amide bonds. The topological polar surface area (TPSA) is 46.3 Å². The van der Waals surface area contributed by atoms with Gasteiger partial charge in [0.05, 0.1) is 5.25 Å². The molecule has 0 aromatic carbocycles.